The second-order valence-electron chi connectivity index (χ2n) is 6.09. The molecule has 3 atom stereocenters. The van der Waals surface area contributed by atoms with E-state index in [0.29, 0.717) is 5.56 Å². The number of hydrogen-bond donors (Lipinski definition) is 0. The first-order valence-electron chi connectivity index (χ1n) is 7.98. The van der Waals surface area contributed by atoms with Gasteiger partial charge in [-0.1, -0.05) is 11.8 Å². The van der Waals surface area contributed by atoms with Crippen LogP contribution in [0.2, 0.25) is 0 Å². The molecule has 5 nitrogen and oxygen atoms in total. The molecule has 3 heterocycles. The normalized spacial score (nSPS) is 25.0. The second-order valence-corrected chi connectivity index (χ2v) is 7.30. The Morgan fingerprint density at radius 3 is 2.59 bits per heavy atom. The number of carbonyl (C=O) groups excluding carboxylic acids is 1. The topological polar surface area (TPSA) is 61.3 Å². The molecule has 142 valence electrons. The molecule has 1 aromatic heterocycles. The predicted molar refractivity (Wildman–Crippen MR) is 86.3 cm³/mol. The van der Waals surface area contributed by atoms with Gasteiger partial charge in [0.1, 0.15) is 11.5 Å². The molecule has 2 fully saturated rings. The van der Waals surface area contributed by atoms with Crippen molar-refractivity contribution >= 4 is 17.5 Å². The fraction of sp³-hybridized carbons (Fsp3) is 0.353. The fourth-order valence-corrected chi connectivity index (χ4v) is 3.97. The zero-order valence-corrected chi connectivity index (χ0v) is 14.4. The molecule has 1 aromatic carbocycles. The van der Waals surface area contributed by atoms with Crippen molar-refractivity contribution in [3.05, 3.63) is 41.8 Å². The summed E-state index contributed by atoms with van der Waals surface area (Å²) in [6.45, 7) is 0.192. The number of aromatic nitrogens is 2. The van der Waals surface area contributed by atoms with E-state index in [2.05, 4.69) is 9.97 Å². The zero-order chi connectivity index (χ0) is 19.2. The van der Waals surface area contributed by atoms with Crippen LogP contribution in [0.1, 0.15) is 12.1 Å². The average Bonchev–Trinajstić information content (AvgIpc) is 3.05. The van der Waals surface area contributed by atoms with Gasteiger partial charge >= 0.3 is 6.18 Å². The molecule has 4 rings (SSSR count). The Balaban J connectivity index is 1.68. The number of alkyl halides is 3. The summed E-state index contributed by atoms with van der Waals surface area (Å²) in [5.74, 6) is -0.765. The molecule has 0 aliphatic carbocycles. The van der Waals surface area contributed by atoms with Crippen molar-refractivity contribution in [2.45, 2.75) is 35.4 Å². The van der Waals surface area contributed by atoms with Crippen LogP contribution in [0.4, 0.5) is 17.6 Å². The summed E-state index contributed by atoms with van der Waals surface area (Å²) in [6, 6.07) is 5.78. The number of thioether (sulfide) groups is 1. The zero-order valence-electron chi connectivity index (χ0n) is 13.6. The van der Waals surface area contributed by atoms with Crippen LogP contribution in [0, 0.1) is 5.82 Å². The van der Waals surface area contributed by atoms with Gasteiger partial charge in [-0.05, 0) is 30.3 Å². The molecule has 0 N–H and O–H groups in total. The summed E-state index contributed by atoms with van der Waals surface area (Å²) in [5.41, 5.74) is -0.766. The van der Waals surface area contributed by atoms with Gasteiger partial charge in [-0.2, -0.15) is 13.2 Å². The van der Waals surface area contributed by atoms with Gasteiger partial charge in [0.2, 0.25) is 6.29 Å². The van der Waals surface area contributed by atoms with Crippen LogP contribution in [0.25, 0.3) is 11.3 Å². The van der Waals surface area contributed by atoms with E-state index < -0.39 is 35.3 Å². The van der Waals surface area contributed by atoms with Crippen LogP contribution in [0.15, 0.2) is 35.5 Å². The molecule has 0 unspecified atom stereocenters. The van der Waals surface area contributed by atoms with Gasteiger partial charge in [0.15, 0.2) is 10.9 Å². The van der Waals surface area contributed by atoms with Crippen molar-refractivity contribution in [2.75, 3.05) is 6.61 Å². The molecule has 0 spiro atoms. The van der Waals surface area contributed by atoms with Crippen LogP contribution in [-0.2, 0) is 20.4 Å². The molecule has 0 radical (unpaired) electrons. The lowest BCUT2D eigenvalue weighted by molar-refractivity contribution is -0.151. The molecule has 2 bridgehead atoms. The van der Waals surface area contributed by atoms with Gasteiger partial charge < -0.3 is 9.47 Å². The van der Waals surface area contributed by atoms with Gasteiger partial charge in [0.05, 0.1) is 18.4 Å². The Morgan fingerprint density at radius 2 is 1.89 bits per heavy atom. The van der Waals surface area contributed by atoms with E-state index in [1.54, 1.807) is 0 Å². The minimum Gasteiger partial charge on any atom is -0.343 e. The summed E-state index contributed by atoms with van der Waals surface area (Å²) in [5, 5.41) is -0.572. The number of carbonyl (C=O) groups is 1. The third-order valence-corrected chi connectivity index (χ3v) is 5.35. The Morgan fingerprint density at radius 1 is 1.15 bits per heavy atom. The molecule has 2 aliphatic heterocycles. The number of hydrogen-bond acceptors (Lipinski definition) is 6. The minimum atomic E-state index is -4.67. The Kier molecular flexibility index (Phi) is 4.65. The van der Waals surface area contributed by atoms with Crippen LogP contribution < -0.4 is 0 Å². The first kappa shape index (κ1) is 18.3. The monoisotopic (exact) mass is 400 g/mol. The van der Waals surface area contributed by atoms with Crippen LogP contribution >= 0.6 is 11.8 Å². The van der Waals surface area contributed by atoms with E-state index in [1.807, 2.05) is 0 Å². The highest BCUT2D eigenvalue weighted by atomic mass is 32.2. The third-order valence-electron chi connectivity index (χ3n) is 4.18. The molecule has 2 aromatic rings. The first-order valence-corrected chi connectivity index (χ1v) is 8.86. The summed E-state index contributed by atoms with van der Waals surface area (Å²) < 4.78 is 63.5. The smallest absolute Gasteiger partial charge is 0.343 e. The number of ether oxygens (including phenoxy) is 2. The first-order chi connectivity index (χ1) is 12.8. The number of Topliss-reactive ketones (excluding diaryl/α,β-unsaturated/α-hetero) is 1. The van der Waals surface area contributed by atoms with Crippen molar-refractivity contribution in [2.24, 2.45) is 0 Å². The lowest BCUT2D eigenvalue weighted by Gasteiger charge is -2.25. The van der Waals surface area contributed by atoms with E-state index in [4.69, 9.17) is 9.47 Å². The average molecular weight is 400 g/mol. The van der Waals surface area contributed by atoms with Crippen LogP contribution in [0.5, 0.6) is 0 Å². The third kappa shape index (κ3) is 3.83. The quantitative estimate of drug-likeness (QED) is 0.581. The summed E-state index contributed by atoms with van der Waals surface area (Å²) >= 11 is 0.948. The SMILES string of the molecule is O=C1C[C@H](Sc2nc(-c3ccc(F)cc3)cc(C(F)(F)F)n2)[C@H]2CO[C@H]1O2. The number of fused-ring (bicyclic) bond motifs is 2. The lowest BCUT2D eigenvalue weighted by Crippen LogP contribution is -2.37. The maximum atomic E-state index is 13.3. The van der Waals surface area contributed by atoms with Crippen molar-refractivity contribution in [3.8, 4) is 11.3 Å². The number of ketones is 1. The molecule has 2 aliphatic rings. The van der Waals surface area contributed by atoms with Gasteiger partial charge in [0.25, 0.3) is 0 Å². The standard InChI is InChI=1S/C17H12F4N2O3S/c18-9-3-1-8(2-4-9)10-5-14(17(19,20)21)23-16(22-10)27-13-6-11(24)15-25-7-12(13)26-15/h1-5,12-13,15H,6-7H2/t12-,13+,15+/m1/s1. The largest absolute Gasteiger partial charge is 0.433 e. The van der Waals surface area contributed by atoms with Gasteiger partial charge in [-0.25, -0.2) is 14.4 Å². The molecule has 0 saturated carbocycles. The highest BCUT2D eigenvalue weighted by molar-refractivity contribution is 7.99. The van der Waals surface area contributed by atoms with E-state index in [-0.39, 0.29) is 29.7 Å². The van der Waals surface area contributed by atoms with Crippen molar-refractivity contribution < 1.29 is 31.8 Å². The Bertz CT molecular complexity index is 875. The van der Waals surface area contributed by atoms with Gasteiger partial charge in [-0.3, -0.25) is 4.79 Å². The number of nitrogens with zero attached hydrogens (tertiary/aromatic N) is 2. The minimum absolute atomic E-state index is 0.0171. The summed E-state index contributed by atoms with van der Waals surface area (Å²) in [4.78, 5) is 19.6. The van der Waals surface area contributed by atoms with Crippen LogP contribution in [0.3, 0.4) is 0 Å². The highest BCUT2D eigenvalue weighted by Gasteiger charge is 2.44. The summed E-state index contributed by atoms with van der Waals surface area (Å²) in [7, 11) is 0. The van der Waals surface area contributed by atoms with Crippen molar-refractivity contribution in [1.82, 2.24) is 9.97 Å². The number of rotatable bonds is 3. The van der Waals surface area contributed by atoms with Gasteiger partial charge in [0, 0.05) is 17.2 Å². The number of benzene rings is 1. The van der Waals surface area contributed by atoms with E-state index in [1.165, 1.54) is 12.1 Å². The van der Waals surface area contributed by atoms with Crippen molar-refractivity contribution in [3.63, 3.8) is 0 Å². The Labute approximate surface area is 155 Å². The Hall–Kier alpha value is -2.04. The second kappa shape index (κ2) is 6.84. The predicted octanol–water partition coefficient (Wildman–Crippen LogP) is 3.48. The molecular formula is C17H12F4N2O3S. The maximum absolute atomic E-state index is 13.3. The van der Waals surface area contributed by atoms with E-state index in [0.717, 1.165) is 30.0 Å². The van der Waals surface area contributed by atoms with Gasteiger partial charge in [-0.15, -0.1) is 0 Å². The van der Waals surface area contributed by atoms with Crippen molar-refractivity contribution in [1.29, 1.82) is 0 Å². The molecular weight excluding hydrogens is 388 g/mol. The molecule has 2 saturated heterocycles. The molecule has 27 heavy (non-hydrogen) atoms. The fourth-order valence-electron chi connectivity index (χ4n) is 2.85. The maximum Gasteiger partial charge on any atom is 0.433 e. The number of halogens is 4. The lowest BCUT2D eigenvalue weighted by atomic mass is 10.1. The molecule has 10 heteroatoms. The van der Waals surface area contributed by atoms with Crippen LogP contribution in [-0.4, -0.2) is 40.0 Å². The summed E-state index contributed by atoms with van der Waals surface area (Å²) in [6.07, 6.45) is -5.87. The molecule has 0 amide bonds. The van der Waals surface area contributed by atoms with E-state index in [9.17, 15) is 22.4 Å². The van der Waals surface area contributed by atoms with E-state index >= 15 is 0 Å². The highest BCUT2D eigenvalue weighted by Crippen LogP contribution is 2.37.